The number of nitrogens with zero attached hydrogens (tertiary/aromatic N) is 4. The monoisotopic (exact) mass is 1120 g/mol. The second kappa shape index (κ2) is 19.1. The first-order valence-electron chi connectivity index (χ1n) is 30.6. The predicted molar refractivity (Wildman–Crippen MR) is 367 cm³/mol. The lowest BCUT2D eigenvalue weighted by atomic mass is 9.33. The Labute approximate surface area is 509 Å². The van der Waals surface area contributed by atoms with Crippen LogP contribution in [0.3, 0.4) is 0 Å². The van der Waals surface area contributed by atoms with Crippen molar-refractivity contribution < 1.29 is 4.42 Å². The van der Waals surface area contributed by atoms with Crippen LogP contribution in [0.25, 0.3) is 55.3 Å². The molecule has 0 saturated carbocycles. The van der Waals surface area contributed by atoms with Gasteiger partial charge in [0.15, 0.2) is 0 Å². The molecule has 0 spiro atoms. The first-order chi connectivity index (χ1) is 42.4. The van der Waals surface area contributed by atoms with Gasteiger partial charge < -0.3 is 24.0 Å². The summed E-state index contributed by atoms with van der Waals surface area (Å²) in [5, 5.41) is 2.17. The largest absolute Gasteiger partial charge is 0.455 e. The lowest BCUT2D eigenvalue weighted by molar-refractivity contribution is 0.667. The van der Waals surface area contributed by atoms with Crippen LogP contribution in [0.15, 0.2) is 235 Å². The second-order valence-electron chi connectivity index (χ2n) is 25.0. The molecule has 5 nitrogen and oxygen atoms in total. The second-order valence-corrected chi connectivity index (χ2v) is 25.0. The van der Waals surface area contributed by atoms with Crippen LogP contribution in [-0.2, 0) is 0 Å². The van der Waals surface area contributed by atoms with Crippen molar-refractivity contribution in [1.29, 1.82) is 0 Å². The van der Waals surface area contributed by atoms with Crippen LogP contribution in [0.5, 0.6) is 0 Å². The molecule has 0 aliphatic carbocycles. The summed E-state index contributed by atoms with van der Waals surface area (Å²) in [6.45, 7) is 17.8. The van der Waals surface area contributed by atoms with Crippen molar-refractivity contribution >= 4 is 108 Å². The van der Waals surface area contributed by atoms with Gasteiger partial charge in [0, 0.05) is 67.2 Å². The lowest BCUT2D eigenvalue weighted by Gasteiger charge is -2.47. The molecular formula is C81H63BN4O. The SMILES string of the molecule is Cc1ccc(N2c3ccc(C)cc3B3c4cc5oc6c7c8c(cc6c5cc4N(c4c(C)cccc4C)c4cc(-c5ccccc5)cc2c43)N(c2c(C)cccc2C)c2cc(-c3ccccc3)ccc2C8N(c2ccc(C)cc2)c2ccc(C)cc2-7)cc1. The number of hydrogen-bond acceptors (Lipinski definition) is 5. The lowest BCUT2D eigenvalue weighted by Crippen LogP contribution is -2.61. The van der Waals surface area contributed by atoms with E-state index in [0.717, 1.165) is 55.9 Å². The molecule has 6 heteroatoms. The average Bonchev–Trinajstić information content (AvgIpc) is 1.67. The summed E-state index contributed by atoms with van der Waals surface area (Å²) in [5.74, 6) is 0. The van der Waals surface area contributed by atoms with E-state index in [2.05, 4.69) is 306 Å². The number of anilines is 11. The van der Waals surface area contributed by atoms with Crippen molar-refractivity contribution in [2.24, 2.45) is 0 Å². The van der Waals surface area contributed by atoms with Crippen LogP contribution >= 0.6 is 0 Å². The highest BCUT2D eigenvalue weighted by Gasteiger charge is 2.47. The number of furan rings is 1. The van der Waals surface area contributed by atoms with Gasteiger partial charge in [0.1, 0.15) is 11.2 Å². The van der Waals surface area contributed by atoms with Gasteiger partial charge in [-0.3, -0.25) is 0 Å². The fourth-order valence-corrected chi connectivity index (χ4v) is 15.3. The molecule has 0 saturated heterocycles. The first kappa shape index (κ1) is 51.2. The van der Waals surface area contributed by atoms with Crippen molar-refractivity contribution in [2.45, 2.75) is 61.4 Å². The molecule has 1 atom stereocenters. The molecule has 0 radical (unpaired) electrons. The van der Waals surface area contributed by atoms with Gasteiger partial charge in [-0.25, -0.2) is 0 Å². The van der Waals surface area contributed by atoms with Gasteiger partial charge in [-0.05, 0) is 195 Å². The van der Waals surface area contributed by atoms with Crippen LogP contribution in [0.1, 0.15) is 61.7 Å². The van der Waals surface area contributed by atoms with Crippen LogP contribution in [0.4, 0.5) is 62.6 Å². The fraction of sp³-hybridized carbons (Fsp3) is 0.111. The number of rotatable bonds is 6. The van der Waals surface area contributed by atoms with E-state index in [0.29, 0.717) is 0 Å². The summed E-state index contributed by atoms with van der Waals surface area (Å²) >= 11 is 0. The smallest absolute Gasteiger partial charge is 0.252 e. The molecule has 0 N–H and O–H groups in total. The molecule has 1 unspecified atom stereocenters. The summed E-state index contributed by atoms with van der Waals surface area (Å²) in [6.07, 6.45) is 0. The van der Waals surface area contributed by atoms with Crippen LogP contribution < -0.4 is 36.0 Å². The van der Waals surface area contributed by atoms with Crippen molar-refractivity contribution in [3.05, 3.63) is 286 Å². The molecule has 4 aliphatic heterocycles. The van der Waals surface area contributed by atoms with E-state index in [1.165, 1.54) is 134 Å². The molecular weight excluding hydrogens is 1060 g/mol. The van der Waals surface area contributed by atoms with E-state index in [-0.39, 0.29) is 12.8 Å². The van der Waals surface area contributed by atoms with Crippen LogP contribution in [0.2, 0.25) is 0 Å². The quantitative estimate of drug-likeness (QED) is 0.155. The average molecular weight is 1120 g/mol. The Morgan fingerprint density at radius 1 is 0.356 bits per heavy atom. The molecule has 13 aromatic rings. The van der Waals surface area contributed by atoms with E-state index in [4.69, 9.17) is 4.42 Å². The summed E-state index contributed by atoms with van der Waals surface area (Å²) in [6, 6.07) is 87.0. The number of benzene rings is 12. The van der Waals surface area contributed by atoms with E-state index in [9.17, 15) is 0 Å². The maximum atomic E-state index is 7.84. The standard InChI is InChI=1S/C81H63BN4O/c1-47-25-32-59(33-26-47)83-68-38-30-50(4)40-65(68)82-66-46-74-62(44-70(66)86(79-53(7)19-16-20-54(79)8)73-43-58(42-72(83)77(73)82)56-23-13-10-14-24-56)63-45-71-76-75(81(63)87-74)64-39-49(3)29-37-67(64)84(60-34-27-48(2)28-35-60)80(76)61-36-31-57(55-21-11-9-12-22-55)41-69(61)85(71)78-51(5)17-15-18-52(78)6/h9-46,80H,1-8H3. The molecule has 17 rings (SSSR count). The number of hydrogen-bond donors (Lipinski definition) is 0. The Morgan fingerprint density at radius 3 is 1.53 bits per heavy atom. The van der Waals surface area contributed by atoms with Gasteiger partial charge in [0.2, 0.25) is 0 Å². The molecule has 0 amide bonds. The zero-order chi connectivity index (χ0) is 58.7. The topological polar surface area (TPSA) is 26.1 Å². The minimum Gasteiger partial charge on any atom is -0.455 e. The zero-order valence-electron chi connectivity index (χ0n) is 50.3. The van der Waals surface area contributed by atoms with E-state index in [1.54, 1.807) is 0 Å². The van der Waals surface area contributed by atoms with Gasteiger partial charge in [-0.2, -0.15) is 0 Å². The molecule has 0 bridgehead atoms. The maximum Gasteiger partial charge on any atom is 0.252 e. The van der Waals surface area contributed by atoms with Crippen molar-refractivity contribution in [2.75, 3.05) is 19.6 Å². The Balaban J connectivity index is 1.02. The predicted octanol–water partition coefficient (Wildman–Crippen LogP) is 20.2. The highest BCUT2D eigenvalue weighted by atomic mass is 16.3. The Bertz CT molecular complexity index is 5000. The number of fused-ring (bicyclic) bond motifs is 12. The molecule has 1 aromatic heterocycles. The van der Waals surface area contributed by atoms with E-state index in [1.807, 2.05) is 0 Å². The number of para-hydroxylation sites is 2. The summed E-state index contributed by atoms with van der Waals surface area (Å²) in [7, 11) is 0. The van der Waals surface area contributed by atoms with Crippen molar-refractivity contribution in [3.8, 4) is 33.4 Å². The first-order valence-corrected chi connectivity index (χ1v) is 30.6. The van der Waals surface area contributed by atoms with E-state index >= 15 is 0 Å². The van der Waals surface area contributed by atoms with Gasteiger partial charge in [0.25, 0.3) is 6.71 Å². The van der Waals surface area contributed by atoms with Crippen LogP contribution in [-0.4, -0.2) is 6.71 Å². The third-order valence-electron chi connectivity index (χ3n) is 19.3. The minimum atomic E-state index is -0.205. The van der Waals surface area contributed by atoms with Crippen molar-refractivity contribution in [3.63, 3.8) is 0 Å². The van der Waals surface area contributed by atoms with Gasteiger partial charge in [0.05, 0.1) is 34.5 Å². The summed E-state index contributed by atoms with van der Waals surface area (Å²) in [4.78, 5) is 10.4. The molecule has 0 fully saturated rings. The third kappa shape index (κ3) is 7.59. The normalized spacial score (nSPS) is 14.2. The van der Waals surface area contributed by atoms with Crippen molar-refractivity contribution in [1.82, 2.24) is 0 Å². The van der Waals surface area contributed by atoms with Crippen LogP contribution in [0, 0.1) is 55.4 Å². The Morgan fingerprint density at radius 2 is 0.885 bits per heavy atom. The van der Waals surface area contributed by atoms with Gasteiger partial charge in [-0.1, -0.05) is 174 Å². The summed E-state index contributed by atoms with van der Waals surface area (Å²) < 4.78 is 7.84. The van der Waals surface area contributed by atoms with Gasteiger partial charge >= 0.3 is 0 Å². The minimum absolute atomic E-state index is 0.125. The Hall–Kier alpha value is -10.3. The molecule has 5 heterocycles. The zero-order valence-corrected chi connectivity index (χ0v) is 50.3. The highest BCUT2D eigenvalue weighted by Crippen LogP contribution is 2.63. The fourth-order valence-electron chi connectivity index (χ4n) is 15.3. The molecule has 4 aliphatic rings. The molecule has 12 aromatic carbocycles. The number of aryl methyl sites for hydroxylation is 8. The Kier molecular flexibility index (Phi) is 11.2. The van der Waals surface area contributed by atoms with Gasteiger partial charge in [-0.15, -0.1) is 0 Å². The maximum absolute atomic E-state index is 7.84. The van der Waals surface area contributed by atoms with E-state index < -0.39 is 0 Å². The molecule has 87 heavy (non-hydrogen) atoms. The highest BCUT2D eigenvalue weighted by molar-refractivity contribution is 7.00. The summed E-state index contributed by atoms with van der Waals surface area (Å²) in [5.41, 5.74) is 37.7. The molecule has 416 valence electrons. The third-order valence-corrected chi connectivity index (χ3v) is 19.3.